The number of carbonyl (C=O) groups excluding carboxylic acids is 1. The number of hydrogen-bond acceptors (Lipinski definition) is 2. The van der Waals surface area contributed by atoms with Gasteiger partial charge in [0.2, 0.25) is 0 Å². The molecule has 5 heteroatoms. The van der Waals surface area contributed by atoms with Gasteiger partial charge in [-0.05, 0) is 44.2 Å². The Morgan fingerprint density at radius 1 is 1.33 bits per heavy atom. The van der Waals surface area contributed by atoms with Gasteiger partial charge >= 0.3 is 12.0 Å². The molecule has 0 aromatic heterocycles. The Morgan fingerprint density at radius 3 is 2.71 bits per heavy atom. The highest BCUT2D eigenvalue weighted by Crippen LogP contribution is 2.28. The Labute approximate surface area is 125 Å². The summed E-state index contributed by atoms with van der Waals surface area (Å²) in [6.45, 7) is 4.52. The zero-order chi connectivity index (χ0) is 15.5. The molecular weight excluding hydrogens is 268 g/mol. The molecule has 1 saturated heterocycles. The maximum absolute atomic E-state index is 12.4. The molecule has 1 aliphatic heterocycles. The van der Waals surface area contributed by atoms with E-state index in [2.05, 4.69) is 5.32 Å². The standard InChI is InChI=1S/C16H22N2O3/c1-12-7-3-4-8-13(12)11-17-15(21)18-10-6-5-9-16(18,2)14(19)20/h3-4,7-8H,5-6,9-11H2,1-2H3,(H,17,21)(H,19,20). The molecule has 0 radical (unpaired) electrons. The fourth-order valence-corrected chi connectivity index (χ4v) is 2.74. The molecule has 1 aromatic carbocycles. The number of amides is 2. The van der Waals surface area contributed by atoms with E-state index in [1.54, 1.807) is 6.92 Å². The third-order valence-electron chi connectivity index (χ3n) is 4.29. The van der Waals surface area contributed by atoms with Gasteiger partial charge in [-0.2, -0.15) is 0 Å². The Hall–Kier alpha value is -2.04. The van der Waals surface area contributed by atoms with Crippen molar-refractivity contribution in [2.24, 2.45) is 0 Å². The average Bonchev–Trinajstić information content (AvgIpc) is 2.46. The van der Waals surface area contributed by atoms with Crippen molar-refractivity contribution < 1.29 is 14.7 Å². The summed E-state index contributed by atoms with van der Waals surface area (Å²) in [5.41, 5.74) is 1.05. The fraction of sp³-hybridized carbons (Fsp3) is 0.500. The Bertz CT molecular complexity index is 544. The molecule has 1 aliphatic rings. The van der Waals surface area contributed by atoms with Crippen LogP contribution in [0.4, 0.5) is 4.79 Å². The molecule has 0 aliphatic carbocycles. The summed E-state index contributed by atoms with van der Waals surface area (Å²) >= 11 is 0. The van der Waals surface area contributed by atoms with E-state index in [0.29, 0.717) is 19.5 Å². The first kappa shape index (κ1) is 15.4. The van der Waals surface area contributed by atoms with Crippen LogP contribution in [0.1, 0.15) is 37.3 Å². The van der Waals surface area contributed by atoms with Gasteiger partial charge in [0.1, 0.15) is 5.54 Å². The predicted octanol–water partition coefficient (Wildman–Crippen LogP) is 2.53. The zero-order valence-electron chi connectivity index (χ0n) is 12.6. The number of carbonyl (C=O) groups is 2. The van der Waals surface area contributed by atoms with Gasteiger partial charge in [0.25, 0.3) is 0 Å². The fourth-order valence-electron chi connectivity index (χ4n) is 2.74. The van der Waals surface area contributed by atoms with Crippen LogP contribution in [0.2, 0.25) is 0 Å². The minimum atomic E-state index is -1.10. The molecule has 1 fully saturated rings. The first-order chi connectivity index (χ1) is 9.95. The molecule has 1 heterocycles. The van der Waals surface area contributed by atoms with Crippen molar-refractivity contribution in [3.63, 3.8) is 0 Å². The summed E-state index contributed by atoms with van der Waals surface area (Å²) in [4.78, 5) is 25.3. The third kappa shape index (κ3) is 3.17. The molecule has 0 spiro atoms. The van der Waals surface area contributed by atoms with Gasteiger partial charge in [-0.25, -0.2) is 9.59 Å². The van der Waals surface area contributed by atoms with E-state index < -0.39 is 11.5 Å². The smallest absolute Gasteiger partial charge is 0.329 e. The number of aryl methyl sites for hydroxylation is 1. The number of carboxylic acid groups (broad SMARTS) is 1. The van der Waals surface area contributed by atoms with E-state index in [1.165, 1.54) is 4.90 Å². The topological polar surface area (TPSA) is 69.6 Å². The number of nitrogens with one attached hydrogen (secondary N) is 1. The maximum Gasteiger partial charge on any atom is 0.329 e. The van der Waals surface area contributed by atoms with E-state index in [0.717, 1.165) is 24.0 Å². The largest absolute Gasteiger partial charge is 0.480 e. The molecule has 21 heavy (non-hydrogen) atoms. The number of likely N-dealkylation sites (tertiary alicyclic amines) is 1. The van der Waals surface area contributed by atoms with E-state index in [9.17, 15) is 14.7 Å². The van der Waals surface area contributed by atoms with Crippen LogP contribution in [0.3, 0.4) is 0 Å². The zero-order valence-corrected chi connectivity index (χ0v) is 12.6. The predicted molar refractivity (Wildman–Crippen MR) is 80.0 cm³/mol. The van der Waals surface area contributed by atoms with Gasteiger partial charge in [-0.1, -0.05) is 24.3 Å². The number of benzene rings is 1. The SMILES string of the molecule is Cc1ccccc1CNC(=O)N1CCCCC1(C)C(=O)O. The van der Waals surface area contributed by atoms with E-state index >= 15 is 0 Å². The van der Waals surface area contributed by atoms with Gasteiger partial charge < -0.3 is 15.3 Å². The van der Waals surface area contributed by atoms with E-state index in [4.69, 9.17) is 0 Å². The summed E-state index contributed by atoms with van der Waals surface area (Å²) in [6.07, 6.45) is 2.19. The Morgan fingerprint density at radius 2 is 2.05 bits per heavy atom. The van der Waals surface area contributed by atoms with Crippen molar-refractivity contribution in [2.75, 3.05) is 6.54 Å². The van der Waals surface area contributed by atoms with Gasteiger partial charge in [0.05, 0.1) is 0 Å². The summed E-state index contributed by atoms with van der Waals surface area (Å²) in [6, 6.07) is 7.53. The summed E-state index contributed by atoms with van der Waals surface area (Å²) < 4.78 is 0. The molecule has 1 aromatic rings. The molecule has 0 saturated carbocycles. The van der Waals surface area contributed by atoms with Gasteiger partial charge in [0.15, 0.2) is 0 Å². The lowest BCUT2D eigenvalue weighted by atomic mass is 9.89. The summed E-state index contributed by atoms with van der Waals surface area (Å²) in [5.74, 6) is -0.937. The lowest BCUT2D eigenvalue weighted by Crippen LogP contribution is -2.59. The van der Waals surface area contributed by atoms with Crippen molar-refractivity contribution in [3.05, 3.63) is 35.4 Å². The van der Waals surface area contributed by atoms with Crippen LogP contribution in [0, 0.1) is 6.92 Å². The highest BCUT2D eigenvalue weighted by atomic mass is 16.4. The minimum Gasteiger partial charge on any atom is -0.480 e. The summed E-state index contributed by atoms with van der Waals surface area (Å²) in [5, 5.41) is 12.3. The molecular formula is C16H22N2O3. The van der Waals surface area contributed by atoms with Crippen LogP contribution in [-0.4, -0.2) is 34.1 Å². The van der Waals surface area contributed by atoms with Crippen LogP contribution in [0.5, 0.6) is 0 Å². The van der Waals surface area contributed by atoms with Crippen molar-refractivity contribution in [3.8, 4) is 0 Å². The second-order valence-electron chi connectivity index (χ2n) is 5.77. The number of rotatable bonds is 3. The number of aliphatic carboxylic acids is 1. The van der Waals surface area contributed by atoms with Crippen molar-refractivity contribution >= 4 is 12.0 Å². The van der Waals surface area contributed by atoms with Crippen LogP contribution in [-0.2, 0) is 11.3 Å². The van der Waals surface area contributed by atoms with Crippen LogP contribution in [0.25, 0.3) is 0 Å². The van der Waals surface area contributed by atoms with Crippen LogP contribution < -0.4 is 5.32 Å². The molecule has 1 unspecified atom stereocenters. The van der Waals surface area contributed by atoms with Crippen molar-refractivity contribution in [1.82, 2.24) is 10.2 Å². The second kappa shape index (κ2) is 6.16. The molecule has 2 rings (SSSR count). The van der Waals surface area contributed by atoms with Gasteiger partial charge in [-0.15, -0.1) is 0 Å². The van der Waals surface area contributed by atoms with E-state index in [1.807, 2.05) is 31.2 Å². The summed E-state index contributed by atoms with van der Waals surface area (Å²) in [7, 11) is 0. The first-order valence-corrected chi connectivity index (χ1v) is 7.28. The van der Waals surface area contributed by atoms with Crippen LogP contribution >= 0.6 is 0 Å². The molecule has 2 amide bonds. The lowest BCUT2D eigenvalue weighted by molar-refractivity contribution is -0.150. The Kier molecular flexibility index (Phi) is 4.50. The number of urea groups is 1. The van der Waals surface area contributed by atoms with Gasteiger partial charge in [0, 0.05) is 13.1 Å². The van der Waals surface area contributed by atoms with E-state index in [-0.39, 0.29) is 6.03 Å². The Balaban J connectivity index is 2.05. The average molecular weight is 290 g/mol. The third-order valence-corrected chi connectivity index (χ3v) is 4.29. The van der Waals surface area contributed by atoms with Crippen LogP contribution in [0.15, 0.2) is 24.3 Å². The lowest BCUT2D eigenvalue weighted by Gasteiger charge is -2.41. The molecule has 2 N–H and O–H groups in total. The molecule has 5 nitrogen and oxygen atoms in total. The quantitative estimate of drug-likeness (QED) is 0.898. The van der Waals surface area contributed by atoms with Crippen molar-refractivity contribution in [1.29, 1.82) is 0 Å². The highest BCUT2D eigenvalue weighted by Gasteiger charge is 2.43. The van der Waals surface area contributed by atoms with Crippen molar-refractivity contribution in [2.45, 2.75) is 45.2 Å². The number of piperidine rings is 1. The number of nitrogens with zero attached hydrogens (tertiary/aromatic N) is 1. The first-order valence-electron chi connectivity index (χ1n) is 7.28. The molecule has 114 valence electrons. The number of hydrogen-bond donors (Lipinski definition) is 2. The molecule has 0 bridgehead atoms. The minimum absolute atomic E-state index is 0.303. The highest BCUT2D eigenvalue weighted by molar-refractivity contribution is 5.86. The maximum atomic E-state index is 12.4. The molecule has 1 atom stereocenters. The second-order valence-corrected chi connectivity index (χ2v) is 5.77. The normalized spacial score (nSPS) is 21.9. The monoisotopic (exact) mass is 290 g/mol. The number of carboxylic acids is 1. The van der Waals surface area contributed by atoms with Gasteiger partial charge in [-0.3, -0.25) is 0 Å².